The van der Waals surface area contributed by atoms with Crippen molar-refractivity contribution in [1.29, 1.82) is 0 Å². The second-order valence-corrected chi connectivity index (χ2v) is 10.6. The van der Waals surface area contributed by atoms with Crippen LogP contribution in [0.5, 0.6) is 5.75 Å². The van der Waals surface area contributed by atoms with Crippen molar-refractivity contribution in [2.45, 2.75) is 37.9 Å². The van der Waals surface area contributed by atoms with Gasteiger partial charge in [0.2, 0.25) is 15.9 Å². The minimum Gasteiger partial charge on any atom is -0.497 e. The molecule has 0 aliphatic carbocycles. The Morgan fingerprint density at radius 1 is 0.969 bits per heavy atom. The van der Waals surface area contributed by atoms with Crippen LogP contribution in [-0.4, -0.2) is 43.2 Å². The molecule has 0 saturated heterocycles. The van der Waals surface area contributed by atoms with E-state index in [9.17, 15) is 13.2 Å². The van der Waals surface area contributed by atoms with Gasteiger partial charge in [-0.15, -0.1) is 11.3 Å². The molecule has 32 heavy (non-hydrogen) atoms. The number of thiophene rings is 1. The monoisotopic (exact) mass is 472 g/mol. The fourth-order valence-electron chi connectivity index (χ4n) is 3.29. The van der Waals surface area contributed by atoms with E-state index in [-0.39, 0.29) is 23.4 Å². The minimum absolute atomic E-state index is 0.132. The predicted molar refractivity (Wildman–Crippen MR) is 127 cm³/mol. The molecule has 6 nitrogen and oxygen atoms in total. The fourth-order valence-corrected chi connectivity index (χ4v) is 5.59. The second kappa shape index (κ2) is 10.8. The lowest BCUT2D eigenvalue weighted by Gasteiger charge is -2.29. The van der Waals surface area contributed by atoms with Crippen molar-refractivity contribution >= 4 is 27.3 Å². The molecule has 3 rings (SSSR count). The van der Waals surface area contributed by atoms with Gasteiger partial charge in [0.25, 0.3) is 0 Å². The highest BCUT2D eigenvalue weighted by Crippen LogP contribution is 2.22. The maximum atomic E-state index is 13.4. The molecule has 8 heteroatoms. The van der Waals surface area contributed by atoms with Gasteiger partial charge >= 0.3 is 0 Å². The Morgan fingerprint density at radius 2 is 1.66 bits per heavy atom. The van der Waals surface area contributed by atoms with Crippen LogP contribution < -0.4 is 4.74 Å². The van der Waals surface area contributed by atoms with E-state index >= 15 is 0 Å². The van der Waals surface area contributed by atoms with Crippen LogP contribution in [0.25, 0.3) is 0 Å². The third-order valence-corrected chi connectivity index (χ3v) is 7.93. The van der Waals surface area contributed by atoms with Crippen molar-refractivity contribution in [3.8, 4) is 5.75 Å². The molecule has 1 amide bonds. The van der Waals surface area contributed by atoms with Gasteiger partial charge in [-0.3, -0.25) is 4.79 Å². The van der Waals surface area contributed by atoms with E-state index in [0.717, 1.165) is 10.4 Å². The zero-order chi connectivity index (χ0) is 23.1. The van der Waals surface area contributed by atoms with Crippen molar-refractivity contribution < 1.29 is 17.9 Å². The van der Waals surface area contributed by atoms with Crippen molar-refractivity contribution in [3.63, 3.8) is 0 Å². The van der Waals surface area contributed by atoms with Crippen molar-refractivity contribution in [2.75, 3.05) is 13.7 Å². The average molecular weight is 473 g/mol. The third kappa shape index (κ3) is 5.97. The highest BCUT2D eigenvalue weighted by atomic mass is 32.2. The zero-order valence-electron chi connectivity index (χ0n) is 18.5. The number of carbonyl (C=O) groups is 1. The quantitative estimate of drug-likeness (QED) is 0.439. The second-order valence-electron chi connectivity index (χ2n) is 7.63. The predicted octanol–water partition coefficient (Wildman–Crippen LogP) is 4.38. The van der Waals surface area contributed by atoms with Crippen LogP contribution in [0.15, 0.2) is 77.0 Å². The van der Waals surface area contributed by atoms with Crippen LogP contribution in [-0.2, 0) is 27.9 Å². The van der Waals surface area contributed by atoms with Gasteiger partial charge < -0.3 is 9.64 Å². The summed E-state index contributed by atoms with van der Waals surface area (Å²) in [5.41, 5.74) is 0.992. The first kappa shape index (κ1) is 24.0. The number of carbonyl (C=O) groups excluding carboxylic acids is 1. The van der Waals surface area contributed by atoms with Crippen LogP contribution in [0.1, 0.15) is 24.3 Å². The first-order chi connectivity index (χ1) is 15.3. The van der Waals surface area contributed by atoms with Gasteiger partial charge in [-0.2, -0.15) is 4.31 Å². The number of rotatable bonds is 10. The van der Waals surface area contributed by atoms with Crippen molar-refractivity contribution in [1.82, 2.24) is 9.21 Å². The van der Waals surface area contributed by atoms with E-state index in [4.69, 9.17) is 4.74 Å². The van der Waals surface area contributed by atoms with Crippen LogP contribution in [0.4, 0.5) is 0 Å². The normalized spacial score (nSPS) is 11.7. The zero-order valence-corrected chi connectivity index (χ0v) is 20.1. The number of benzene rings is 2. The average Bonchev–Trinajstić information content (AvgIpc) is 3.30. The molecule has 0 radical (unpaired) electrons. The van der Waals surface area contributed by atoms with Gasteiger partial charge in [0.15, 0.2) is 0 Å². The molecule has 0 spiro atoms. The van der Waals surface area contributed by atoms with Gasteiger partial charge in [0.05, 0.1) is 25.1 Å². The molecule has 0 unspecified atom stereocenters. The molecule has 0 aliphatic heterocycles. The summed E-state index contributed by atoms with van der Waals surface area (Å²) in [4.78, 5) is 16.3. The first-order valence-electron chi connectivity index (χ1n) is 10.3. The van der Waals surface area contributed by atoms with E-state index < -0.39 is 10.0 Å². The van der Waals surface area contributed by atoms with Crippen LogP contribution >= 0.6 is 11.3 Å². The van der Waals surface area contributed by atoms with Gasteiger partial charge in [-0.05, 0) is 55.1 Å². The number of amides is 1. The number of ether oxygens (including phenoxy) is 1. The number of nitrogens with zero attached hydrogens (tertiary/aromatic N) is 2. The molecule has 0 atom stereocenters. The van der Waals surface area contributed by atoms with E-state index in [1.165, 1.54) is 23.5 Å². The Hall–Kier alpha value is -2.68. The molecule has 0 fully saturated rings. The number of hydrogen-bond acceptors (Lipinski definition) is 5. The summed E-state index contributed by atoms with van der Waals surface area (Å²) in [6.45, 7) is 4.15. The SMILES string of the molecule is COc1ccc(S(=O)(=O)N(CC(=O)N(Cc2ccccc2)Cc2cccs2)C(C)C)cc1. The molecule has 0 saturated carbocycles. The molecule has 1 aromatic heterocycles. The van der Waals surface area contributed by atoms with E-state index in [1.807, 2.05) is 47.8 Å². The molecule has 0 aliphatic rings. The summed E-state index contributed by atoms with van der Waals surface area (Å²) < 4.78 is 33.0. The van der Waals surface area contributed by atoms with Gasteiger partial charge in [-0.25, -0.2) is 8.42 Å². The van der Waals surface area contributed by atoms with Gasteiger partial charge in [0.1, 0.15) is 5.75 Å². The summed E-state index contributed by atoms with van der Waals surface area (Å²) in [5, 5.41) is 1.97. The van der Waals surface area contributed by atoms with E-state index in [2.05, 4.69) is 0 Å². The summed E-state index contributed by atoms with van der Waals surface area (Å²) in [6, 6.07) is 19.5. The Morgan fingerprint density at radius 3 is 2.22 bits per heavy atom. The fraction of sp³-hybridized carbons (Fsp3) is 0.292. The summed E-state index contributed by atoms with van der Waals surface area (Å²) in [7, 11) is -2.33. The Labute approximate surface area is 194 Å². The molecule has 0 N–H and O–H groups in total. The maximum Gasteiger partial charge on any atom is 0.243 e. The summed E-state index contributed by atoms with van der Waals surface area (Å²) >= 11 is 1.57. The van der Waals surface area contributed by atoms with Crippen LogP contribution in [0.2, 0.25) is 0 Å². The summed E-state index contributed by atoms with van der Waals surface area (Å²) in [5.74, 6) is 0.328. The van der Waals surface area contributed by atoms with Crippen LogP contribution in [0.3, 0.4) is 0 Å². The number of hydrogen-bond donors (Lipinski definition) is 0. The number of methoxy groups -OCH3 is 1. The smallest absolute Gasteiger partial charge is 0.243 e. The van der Waals surface area contributed by atoms with Gasteiger partial charge in [-0.1, -0.05) is 36.4 Å². The first-order valence-corrected chi connectivity index (χ1v) is 12.6. The topological polar surface area (TPSA) is 66.9 Å². The maximum absolute atomic E-state index is 13.4. The molecule has 170 valence electrons. The Kier molecular flexibility index (Phi) is 8.06. The standard InChI is InChI=1S/C24H28N2O4S2/c1-19(2)26(32(28,29)23-13-11-21(30-3)12-14-23)18-24(27)25(17-22-10-7-15-31-22)16-20-8-5-4-6-9-20/h4-15,19H,16-18H2,1-3H3. The van der Waals surface area contributed by atoms with E-state index in [1.54, 1.807) is 42.2 Å². The Balaban J connectivity index is 1.84. The van der Waals surface area contributed by atoms with Gasteiger partial charge in [0, 0.05) is 17.5 Å². The third-order valence-electron chi connectivity index (χ3n) is 5.03. The molecule has 1 heterocycles. The lowest BCUT2D eigenvalue weighted by Crippen LogP contribution is -2.45. The highest BCUT2D eigenvalue weighted by molar-refractivity contribution is 7.89. The van der Waals surface area contributed by atoms with Crippen molar-refractivity contribution in [3.05, 3.63) is 82.6 Å². The lowest BCUT2D eigenvalue weighted by atomic mass is 10.2. The molecule has 2 aromatic carbocycles. The van der Waals surface area contributed by atoms with Crippen LogP contribution in [0, 0.1) is 0 Å². The molecular weight excluding hydrogens is 444 g/mol. The molecule has 0 bridgehead atoms. The molecular formula is C24H28N2O4S2. The largest absolute Gasteiger partial charge is 0.497 e. The summed E-state index contributed by atoms with van der Waals surface area (Å²) in [6.07, 6.45) is 0. The number of sulfonamides is 1. The lowest BCUT2D eigenvalue weighted by molar-refractivity contribution is -0.132. The van der Waals surface area contributed by atoms with E-state index in [0.29, 0.717) is 18.8 Å². The Bertz CT molecular complexity index is 1100. The van der Waals surface area contributed by atoms with Crippen molar-refractivity contribution in [2.24, 2.45) is 0 Å². The molecule has 3 aromatic rings. The highest BCUT2D eigenvalue weighted by Gasteiger charge is 2.31. The minimum atomic E-state index is -3.86.